The number of nitrogens with one attached hydrogen (secondary N) is 1. The Morgan fingerprint density at radius 2 is 2.16 bits per heavy atom. The number of sulfonamides is 1. The highest BCUT2D eigenvalue weighted by molar-refractivity contribution is 9.10. The van der Waals surface area contributed by atoms with Crippen LogP contribution in [0.3, 0.4) is 0 Å². The second-order valence-corrected chi connectivity index (χ2v) is 6.37. The van der Waals surface area contributed by atoms with Gasteiger partial charge in [0.15, 0.2) is 5.03 Å². The molecule has 0 saturated heterocycles. The molecule has 0 aromatic carbocycles. The van der Waals surface area contributed by atoms with Crippen molar-refractivity contribution in [2.45, 2.75) is 11.4 Å². The summed E-state index contributed by atoms with van der Waals surface area (Å²) in [6.07, 6.45) is 3.63. The molecule has 0 aliphatic rings. The third kappa shape index (κ3) is 3.40. The highest BCUT2D eigenvalue weighted by atomic mass is 79.9. The van der Waals surface area contributed by atoms with Crippen molar-refractivity contribution in [3.63, 3.8) is 0 Å². The SMILES string of the molecule is Cn1cnc(CCNS(=O)(=O)c2ccccn2)c1Br. The lowest BCUT2D eigenvalue weighted by Gasteiger charge is -2.05. The van der Waals surface area contributed by atoms with Gasteiger partial charge in [-0.05, 0) is 28.1 Å². The molecule has 0 spiro atoms. The standard InChI is InChI=1S/C11H13BrN4O2S/c1-16-8-14-9(11(16)12)5-7-15-19(17,18)10-4-2-3-6-13-10/h2-4,6,8,15H,5,7H2,1H3. The van der Waals surface area contributed by atoms with Crippen molar-refractivity contribution < 1.29 is 8.42 Å². The Morgan fingerprint density at radius 3 is 2.74 bits per heavy atom. The maximum atomic E-state index is 11.9. The smallest absolute Gasteiger partial charge is 0.258 e. The molecule has 102 valence electrons. The van der Waals surface area contributed by atoms with E-state index in [9.17, 15) is 8.42 Å². The lowest BCUT2D eigenvalue weighted by molar-refractivity contribution is 0.577. The molecule has 6 nitrogen and oxygen atoms in total. The van der Waals surface area contributed by atoms with Gasteiger partial charge in [0.05, 0.1) is 12.0 Å². The Bertz CT molecular complexity index is 655. The predicted molar refractivity (Wildman–Crippen MR) is 74.0 cm³/mol. The Balaban J connectivity index is 1.98. The Morgan fingerprint density at radius 1 is 1.37 bits per heavy atom. The summed E-state index contributed by atoms with van der Waals surface area (Å²) in [7, 11) is -1.69. The van der Waals surface area contributed by atoms with Crippen LogP contribution in [0.25, 0.3) is 0 Å². The molecule has 2 rings (SSSR count). The first-order chi connectivity index (χ1) is 9.00. The minimum atomic E-state index is -3.55. The fourth-order valence-electron chi connectivity index (χ4n) is 1.52. The Hall–Kier alpha value is -1.25. The van der Waals surface area contributed by atoms with Gasteiger partial charge in [-0.2, -0.15) is 0 Å². The fourth-order valence-corrected chi connectivity index (χ4v) is 2.88. The molecule has 0 aliphatic carbocycles. The van der Waals surface area contributed by atoms with Crippen molar-refractivity contribution in [1.82, 2.24) is 19.3 Å². The number of imidazole rings is 1. The lowest BCUT2D eigenvalue weighted by Crippen LogP contribution is -2.26. The van der Waals surface area contributed by atoms with Crippen LogP contribution in [-0.4, -0.2) is 29.5 Å². The Labute approximate surface area is 120 Å². The molecule has 0 amide bonds. The number of halogens is 1. The Kier molecular flexibility index (Phi) is 4.33. The number of hydrogen-bond acceptors (Lipinski definition) is 4. The molecule has 0 unspecified atom stereocenters. The van der Waals surface area contributed by atoms with Crippen molar-refractivity contribution >= 4 is 26.0 Å². The second kappa shape index (κ2) is 5.81. The maximum Gasteiger partial charge on any atom is 0.258 e. The van der Waals surface area contributed by atoms with Crippen molar-refractivity contribution in [3.05, 3.63) is 41.0 Å². The minimum absolute atomic E-state index is 0.0232. The molecule has 1 N–H and O–H groups in total. The van der Waals surface area contributed by atoms with Crippen LogP contribution in [0.5, 0.6) is 0 Å². The molecule has 0 bridgehead atoms. The van der Waals surface area contributed by atoms with E-state index in [4.69, 9.17) is 0 Å². The van der Waals surface area contributed by atoms with Crippen LogP contribution in [0.15, 0.2) is 40.4 Å². The van der Waals surface area contributed by atoms with Crippen LogP contribution in [-0.2, 0) is 23.5 Å². The maximum absolute atomic E-state index is 11.9. The van der Waals surface area contributed by atoms with E-state index in [1.54, 1.807) is 18.5 Å². The van der Waals surface area contributed by atoms with Crippen LogP contribution < -0.4 is 4.72 Å². The number of aryl methyl sites for hydroxylation is 1. The van der Waals surface area contributed by atoms with E-state index in [2.05, 4.69) is 30.6 Å². The van der Waals surface area contributed by atoms with Gasteiger partial charge in [0.2, 0.25) is 0 Å². The van der Waals surface area contributed by atoms with Crippen molar-refractivity contribution in [1.29, 1.82) is 0 Å². The summed E-state index contributed by atoms with van der Waals surface area (Å²) in [6.45, 7) is 0.272. The molecule has 19 heavy (non-hydrogen) atoms. The van der Waals surface area contributed by atoms with E-state index < -0.39 is 10.0 Å². The van der Waals surface area contributed by atoms with Gasteiger partial charge < -0.3 is 4.57 Å². The number of hydrogen-bond donors (Lipinski definition) is 1. The normalized spacial score (nSPS) is 11.7. The number of aromatic nitrogens is 3. The van der Waals surface area contributed by atoms with E-state index >= 15 is 0 Å². The monoisotopic (exact) mass is 344 g/mol. The molecule has 2 aromatic rings. The van der Waals surface area contributed by atoms with Gasteiger partial charge in [0, 0.05) is 26.2 Å². The number of nitrogens with zero attached hydrogens (tertiary/aromatic N) is 3. The van der Waals surface area contributed by atoms with Gasteiger partial charge in [0.25, 0.3) is 10.0 Å². The average Bonchev–Trinajstić information content (AvgIpc) is 2.72. The van der Waals surface area contributed by atoms with Gasteiger partial charge in [-0.15, -0.1) is 0 Å². The third-order valence-electron chi connectivity index (χ3n) is 2.50. The average molecular weight is 345 g/mol. The predicted octanol–water partition coefficient (Wildman–Crippen LogP) is 1.10. The summed E-state index contributed by atoms with van der Waals surface area (Å²) < 4.78 is 29.0. The molecular weight excluding hydrogens is 332 g/mol. The zero-order chi connectivity index (χ0) is 13.9. The van der Waals surface area contributed by atoms with Gasteiger partial charge in [-0.1, -0.05) is 6.07 Å². The van der Waals surface area contributed by atoms with E-state index in [0.717, 1.165) is 10.3 Å². The zero-order valence-corrected chi connectivity index (χ0v) is 12.6. The van der Waals surface area contributed by atoms with Crippen LogP contribution >= 0.6 is 15.9 Å². The molecule has 0 aliphatic heterocycles. The summed E-state index contributed by atoms with van der Waals surface area (Å²) >= 11 is 3.39. The fraction of sp³-hybridized carbons (Fsp3) is 0.273. The highest BCUT2D eigenvalue weighted by Crippen LogP contribution is 2.14. The first-order valence-corrected chi connectivity index (χ1v) is 7.85. The quantitative estimate of drug-likeness (QED) is 0.880. The third-order valence-corrected chi connectivity index (χ3v) is 4.89. The molecule has 0 fully saturated rings. The first-order valence-electron chi connectivity index (χ1n) is 5.57. The van der Waals surface area contributed by atoms with Crippen LogP contribution in [0.1, 0.15) is 5.69 Å². The van der Waals surface area contributed by atoms with E-state index in [1.807, 2.05) is 11.6 Å². The second-order valence-electron chi connectivity index (χ2n) is 3.91. The van der Waals surface area contributed by atoms with Crippen LogP contribution in [0, 0.1) is 0 Å². The van der Waals surface area contributed by atoms with Crippen LogP contribution in [0.4, 0.5) is 0 Å². The molecule has 2 aromatic heterocycles. The summed E-state index contributed by atoms with van der Waals surface area (Å²) in [6, 6.07) is 4.76. The van der Waals surface area contributed by atoms with Gasteiger partial charge in [-0.25, -0.2) is 23.1 Å². The van der Waals surface area contributed by atoms with Gasteiger partial charge in [-0.3, -0.25) is 0 Å². The van der Waals surface area contributed by atoms with Crippen molar-refractivity contribution in [3.8, 4) is 0 Å². The summed E-state index contributed by atoms with van der Waals surface area (Å²) in [5, 5.41) is 0.0232. The van der Waals surface area contributed by atoms with Gasteiger partial charge >= 0.3 is 0 Å². The van der Waals surface area contributed by atoms with E-state index in [1.165, 1.54) is 12.3 Å². The molecule has 2 heterocycles. The minimum Gasteiger partial charge on any atom is -0.328 e. The first kappa shape index (κ1) is 14.2. The summed E-state index contributed by atoms with van der Waals surface area (Å²) in [5.74, 6) is 0. The summed E-state index contributed by atoms with van der Waals surface area (Å²) in [4.78, 5) is 7.99. The highest BCUT2D eigenvalue weighted by Gasteiger charge is 2.15. The molecular formula is C11H13BrN4O2S. The molecule has 8 heteroatoms. The number of pyridine rings is 1. The topological polar surface area (TPSA) is 76.9 Å². The van der Waals surface area contributed by atoms with E-state index in [0.29, 0.717) is 6.42 Å². The van der Waals surface area contributed by atoms with Gasteiger partial charge in [0.1, 0.15) is 4.60 Å². The molecule has 0 atom stereocenters. The van der Waals surface area contributed by atoms with Crippen LogP contribution in [0.2, 0.25) is 0 Å². The summed E-state index contributed by atoms with van der Waals surface area (Å²) in [5.41, 5.74) is 0.811. The molecule has 0 saturated carbocycles. The largest absolute Gasteiger partial charge is 0.328 e. The van der Waals surface area contributed by atoms with Crippen molar-refractivity contribution in [2.75, 3.05) is 6.54 Å². The number of rotatable bonds is 5. The van der Waals surface area contributed by atoms with Crippen molar-refractivity contribution in [2.24, 2.45) is 7.05 Å². The zero-order valence-electron chi connectivity index (χ0n) is 10.2. The molecule has 0 radical (unpaired) electrons. The lowest BCUT2D eigenvalue weighted by atomic mass is 10.3. The van der Waals surface area contributed by atoms with E-state index in [-0.39, 0.29) is 11.6 Å².